The van der Waals surface area contributed by atoms with E-state index in [-0.39, 0.29) is 0 Å². The minimum absolute atomic E-state index is 0.351. The van der Waals surface area contributed by atoms with Crippen molar-refractivity contribution in [3.05, 3.63) is 28.7 Å². The highest BCUT2D eigenvalue weighted by Crippen LogP contribution is 2.20. The van der Waals surface area contributed by atoms with Gasteiger partial charge in [-0.25, -0.2) is 0 Å². The molecule has 0 aliphatic carbocycles. The molecule has 1 saturated heterocycles. The van der Waals surface area contributed by atoms with Crippen LogP contribution in [0.2, 0.25) is 0 Å². The number of Topliss-reactive ketones (excluding diaryl/α,β-unsaturated/α-hetero) is 1. The number of halogens is 1. The molecule has 96 valence electrons. The van der Waals surface area contributed by atoms with Crippen molar-refractivity contribution >= 4 is 33.3 Å². The molecule has 5 nitrogen and oxygen atoms in total. The second kappa shape index (κ2) is 5.49. The molecule has 0 saturated carbocycles. The number of carbonyl (C=O) groups is 2. The van der Waals surface area contributed by atoms with Gasteiger partial charge in [0.05, 0.1) is 13.2 Å². The van der Waals surface area contributed by atoms with Crippen molar-refractivity contribution < 1.29 is 14.3 Å². The lowest BCUT2D eigenvalue weighted by atomic mass is 10.1. The minimum Gasteiger partial charge on any atom is -0.366 e. The number of hydrogen-bond acceptors (Lipinski definition) is 4. The summed E-state index contributed by atoms with van der Waals surface area (Å²) in [4.78, 5) is 24.4. The Kier molecular flexibility index (Phi) is 3.98. The monoisotopic (exact) mass is 312 g/mol. The van der Waals surface area contributed by atoms with Gasteiger partial charge in [-0.2, -0.15) is 0 Å². The van der Waals surface area contributed by atoms with Crippen molar-refractivity contribution in [1.29, 1.82) is 0 Å². The van der Waals surface area contributed by atoms with E-state index in [1.54, 1.807) is 0 Å². The molecule has 1 amide bonds. The van der Waals surface area contributed by atoms with Crippen LogP contribution in [0, 0.1) is 0 Å². The van der Waals surface area contributed by atoms with Gasteiger partial charge >= 0.3 is 0 Å². The first-order chi connectivity index (χ1) is 8.58. The van der Waals surface area contributed by atoms with Gasteiger partial charge in [0, 0.05) is 16.7 Å². The third-order valence-electron chi connectivity index (χ3n) is 2.79. The molecule has 2 N–H and O–H groups in total. The third kappa shape index (κ3) is 2.88. The summed E-state index contributed by atoms with van der Waals surface area (Å²) in [7, 11) is 0. The van der Waals surface area contributed by atoms with E-state index in [0.29, 0.717) is 19.7 Å². The zero-order valence-electron chi connectivity index (χ0n) is 9.64. The number of carbonyl (C=O) groups excluding carboxylic acids is 2. The van der Waals surface area contributed by atoms with Gasteiger partial charge in [0.2, 0.25) is 5.78 Å². The van der Waals surface area contributed by atoms with Gasteiger partial charge in [-0.3, -0.25) is 9.59 Å². The number of benzene rings is 1. The van der Waals surface area contributed by atoms with Gasteiger partial charge in [-0.1, -0.05) is 15.9 Å². The average Bonchev–Trinajstić information content (AvgIpc) is 2.38. The number of hydrogen-bond donors (Lipinski definition) is 1. The summed E-state index contributed by atoms with van der Waals surface area (Å²) in [5.74, 6) is -1.62. The van der Waals surface area contributed by atoms with E-state index in [9.17, 15) is 9.59 Å². The summed E-state index contributed by atoms with van der Waals surface area (Å²) in [6.07, 6.45) is -0.764. The van der Waals surface area contributed by atoms with Gasteiger partial charge in [0.1, 0.15) is 6.10 Å². The predicted octanol–water partition coefficient (Wildman–Crippen LogP) is 0.709. The Morgan fingerprint density at radius 2 is 2.00 bits per heavy atom. The molecule has 1 aliphatic heterocycles. The topological polar surface area (TPSA) is 72.6 Å². The number of primary amides is 1. The minimum atomic E-state index is -0.947. The fraction of sp³-hybridized carbons (Fsp3) is 0.333. The zero-order valence-corrected chi connectivity index (χ0v) is 11.2. The number of nitrogens with two attached hydrogens (primary N) is 1. The number of rotatable bonds is 3. The number of nitrogens with zero attached hydrogens (tertiary/aromatic N) is 1. The smallest absolute Gasteiger partial charge is 0.287 e. The Balaban J connectivity index is 2.09. The first-order valence-corrected chi connectivity index (χ1v) is 6.33. The molecule has 0 aromatic heterocycles. The van der Waals surface area contributed by atoms with Crippen molar-refractivity contribution in [2.75, 3.05) is 24.6 Å². The summed E-state index contributed by atoms with van der Waals surface area (Å²) in [6, 6.07) is 7.74. The average molecular weight is 313 g/mol. The molecule has 1 heterocycles. The van der Waals surface area contributed by atoms with Crippen LogP contribution >= 0.6 is 15.9 Å². The lowest BCUT2D eigenvalue weighted by Gasteiger charge is -2.33. The van der Waals surface area contributed by atoms with Gasteiger partial charge in [0.25, 0.3) is 5.91 Å². The molecule has 0 radical (unpaired) electrons. The maximum Gasteiger partial charge on any atom is 0.287 e. The number of anilines is 1. The van der Waals surface area contributed by atoms with Crippen molar-refractivity contribution in [2.45, 2.75) is 6.10 Å². The van der Waals surface area contributed by atoms with Crippen molar-refractivity contribution in [3.63, 3.8) is 0 Å². The van der Waals surface area contributed by atoms with E-state index in [0.717, 1.165) is 10.2 Å². The molecule has 1 fully saturated rings. The van der Waals surface area contributed by atoms with Gasteiger partial charge < -0.3 is 15.4 Å². The number of ketones is 1. The van der Waals surface area contributed by atoms with Crippen LogP contribution in [-0.4, -0.2) is 37.5 Å². The van der Waals surface area contributed by atoms with E-state index >= 15 is 0 Å². The van der Waals surface area contributed by atoms with Crippen LogP contribution in [0.3, 0.4) is 0 Å². The summed E-state index contributed by atoms with van der Waals surface area (Å²) < 4.78 is 6.27. The largest absolute Gasteiger partial charge is 0.366 e. The van der Waals surface area contributed by atoms with E-state index < -0.39 is 17.8 Å². The summed E-state index contributed by atoms with van der Waals surface area (Å²) >= 11 is 3.37. The summed E-state index contributed by atoms with van der Waals surface area (Å²) in [5.41, 5.74) is 5.97. The third-order valence-corrected chi connectivity index (χ3v) is 3.32. The fourth-order valence-electron chi connectivity index (χ4n) is 1.85. The summed E-state index contributed by atoms with van der Waals surface area (Å²) in [6.45, 7) is 1.44. The normalized spacial score (nSPS) is 19.6. The Morgan fingerprint density at radius 1 is 1.33 bits per heavy atom. The predicted molar refractivity (Wildman–Crippen MR) is 70.3 cm³/mol. The Hall–Kier alpha value is -1.40. The van der Waals surface area contributed by atoms with Crippen LogP contribution in [0.4, 0.5) is 5.69 Å². The van der Waals surface area contributed by atoms with Crippen LogP contribution in [0.5, 0.6) is 0 Å². The molecular weight excluding hydrogens is 300 g/mol. The van der Waals surface area contributed by atoms with E-state index in [1.165, 1.54) is 0 Å². The van der Waals surface area contributed by atoms with E-state index in [1.807, 2.05) is 29.2 Å². The van der Waals surface area contributed by atoms with Crippen molar-refractivity contribution in [3.8, 4) is 0 Å². The molecule has 0 spiro atoms. The Bertz CT molecular complexity index is 461. The number of amides is 1. The molecule has 1 aromatic rings. The summed E-state index contributed by atoms with van der Waals surface area (Å²) in [5, 5.41) is 0. The van der Waals surface area contributed by atoms with Gasteiger partial charge in [0.15, 0.2) is 0 Å². The van der Waals surface area contributed by atoms with Crippen molar-refractivity contribution in [2.24, 2.45) is 5.73 Å². The highest BCUT2D eigenvalue weighted by Gasteiger charge is 2.29. The van der Waals surface area contributed by atoms with Crippen LogP contribution in [0.15, 0.2) is 28.7 Å². The van der Waals surface area contributed by atoms with Gasteiger partial charge in [-0.15, -0.1) is 0 Å². The van der Waals surface area contributed by atoms with Crippen molar-refractivity contribution in [1.82, 2.24) is 0 Å². The molecule has 1 unspecified atom stereocenters. The highest BCUT2D eigenvalue weighted by atomic mass is 79.9. The molecule has 0 bridgehead atoms. The van der Waals surface area contributed by atoms with E-state index in [2.05, 4.69) is 15.9 Å². The first kappa shape index (κ1) is 13.0. The standard InChI is InChI=1S/C12H13BrN2O3/c13-8-1-3-9(4-2-8)15-5-6-18-10(7-15)11(16)12(14)17/h1-4,10H,5-7H2,(H2,14,17). The van der Waals surface area contributed by atoms with Crippen LogP contribution in [-0.2, 0) is 14.3 Å². The second-order valence-corrected chi connectivity index (χ2v) is 4.93. The highest BCUT2D eigenvalue weighted by molar-refractivity contribution is 9.10. The lowest BCUT2D eigenvalue weighted by molar-refractivity contribution is -0.143. The molecule has 1 aromatic carbocycles. The maximum absolute atomic E-state index is 11.5. The SMILES string of the molecule is NC(=O)C(=O)C1CN(c2ccc(Br)cc2)CCO1. The van der Waals surface area contributed by atoms with Gasteiger partial charge in [-0.05, 0) is 24.3 Å². The quantitative estimate of drug-likeness (QED) is 0.834. The van der Waals surface area contributed by atoms with Crippen LogP contribution in [0.25, 0.3) is 0 Å². The maximum atomic E-state index is 11.5. The molecule has 2 rings (SSSR count). The Morgan fingerprint density at radius 3 is 2.61 bits per heavy atom. The zero-order chi connectivity index (χ0) is 13.1. The lowest BCUT2D eigenvalue weighted by Crippen LogP contribution is -2.49. The molecule has 6 heteroatoms. The Labute approximate surface area is 113 Å². The molecule has 18 heavy (non-hydrogen) atoms. The van der Waals surface area contributed by atoms with Crippen LogP contribution < -0.4 is 10.6 Å². The molecule has 1 atom stereocenters. The fourth-order valence-corrected chi connectivity index (χ4v) is 2.12. The van der Waals surface area contributed by atoms with Crippen LogP contribution in [0.1, 0.15) is 0 Å². The first-order valence-electron chi connectivity index (χ1n) is 5.53. The number of morpholine rings is 1. The molecular formula is C12H13BrN2O3. The number of ether oxygens (including phenoxy) is 1. The van der Waals surface area contributed by atoms with E-state index in [4.69, 9.17) is 10.5 Å². The molecule has 1 aliphatic rings. The second-order valence-electron chi connectivity index (χ2n) is 4.01.